The van der Waals surface area contributed by atoms with Gasteiger partial charge in [-0.2, -0.15) is 0 Å². The Balaban J connectivity index is 1.47. The van der Waals surface area contributed by atoms with E-state index in [1.54, 1.807) is 44.1 Å². The number of rotatable bonds is 4. The molecule has 0 radical (unpaired) electrons. The monoisotopic (exact) mass is 457 g/mol. The Kier molecular flexibility index (Phi) is 5.62. The number of sulfonamides is 1. The first-order chi connectivity index (χ1) is 15.1. The van der Waals surface area contributed by atoms with E-state index in [1.807, 2.05) is 24.3 Å². The Labute approximate surface area is 188 Å². The minimum Gasteiger partial charge on any atom is -0.497 e. The topological polar surface area (TPSA) is 87.2 Å². The fraction of sp³-hybridized carbons (Fsp3) is 0.391. The SMILES string of the molecule is COc1ccc(N2CCN(C(=O)c3cccc(N4C(=O)C(C)(C)CS4(=O)=O)c3)CC2)cc1. The van der Waals surface area contributed by atoms with Crippen molar-refractivity contribution >= 4 is 33.2 Å². The molecule has 2 aromatic carbocycles. The van der Waals surface area contributed by atoms with E-state index in [0.29, 0.717) is 31.7 Å². The van der Waals surface area contributed by atoms with Gasteiger partial charge in [-0.15, -0.1) is 0 Å². The lowest BCUT2D eigenvalue weighted by molar-refractivity contribution is -0.123. The Morgan fingerprint density at radius 1 is 0.969 bits per heavy atom. The molecule has 2 aliphatic heterocycles. The number of ether oxygens (including phenoxy) is 1. The molecule has 32 heavy (non-hydrogen) atoms. The molecule has 2 aromatic rings. The van der Waals surface area contributed by atoms with E-state index in [0.717, 1.165) is 15.7 Å². The van der Waals surface area contributed by atoms with Crippen LogP contribution in [0.4, 0.5) is 11.4 Å². The molecule has 2 amide bonds. The van der Waals surface area contributed by atoms with Crippen LogP contribution in [0.15, 0.2) is 48.5 Å². The zero-order chi connectivity index (χ0) is 23.1. The fourth-order valence-corrected chi connectivity index (χ4v) is 6.27. The Morgan fingerprint density at radius 3 is 2.19 bits per heavy atom. The van der Waals surface area contributed by atoms with Crippen molar-refractivity contribution in [2.75, 3.05) is 48.2 Å². The number of hydrogen-bond donors (Lipinski definition) is 0. The second kappa shape index (κ2) is 8.12. The summed E-state index contributed by atoms with van der Waals surface area (Å²) in [5.41, 5.74) is 0.660. The third-order valence-corrected chi connectivity index (χ3v) is 7.94. The molecule has 0 N–H and O–H groups in total. The first-order valence-corrected chi connectivity index (χ1v) is 12.1. The number of benzene rings is 2. The van der Waals surface area contributed by atoms with Gasteiger partial charge in [0.05, 0.1) is 24.0 Å². The van der Waals surface area contributed by atoms with Crippen molar-refractivity contribution in [3.63, 3.8) is 0 Å². The van der Waals surface area contributed by atoms with Gasteiger partial charge in [-0.25, -0.2) is 12.7 Å². The highest BCUT2D eigenvalue weighted by molar-refractivity contribution is 7.94. The van der Waals surface area contributed by atoms with Crippen molar-refractivity contribution in [2.45, 2.75) is 13.8 Å². The summed E-state index contributed by atoms with van der Waals surface area (Å²) in [5, 5.41) is 0. The normalized spacial score (nSPS) is 19.8. The molecule has 170 valence electrons. The molecule has 4 rings (SSSR count). The van der Waals surface area contributed by atoms with Crippen LogP contribution in [0.1, 0.15) is 24.2 Å². The Bertz CT molecular complexity index is 1140. The van der Waals surface area contributed by atoms with Crippen molar-refractivity contribution in [1.29, 1.82) is 0 Å². The van der Waals surface area contributed by atoms with Gasteiger partial charge in [0.15, 0.2) is 0 Å². The highest BCUT2D eigenvalue weighted by atomic mass is 32.2. The lowest BCUT2D eigenvalue weighted by Gasteiger charge is -2.36. The van der Waals surface area contributed by atoms with Crippen molar-refractivity contribution in [3.05, 3.63) is 54.1 Å². The van der Waals surface area contributed by atoms with Crippen LogP contribution in [-0.4, -0.2) is 64.2 Å². The highest BCUT2D eigenvalue weighted by Gasteiger charge is 2.50. The molecule has 0 spiro atoms. The molecule has 2 saturated heterocycles. The lowest BCUT2D eigenvalue weighted by atomic mass is 9.95. The summed E-state index contributed by atoms with van der Waals surface area (Å²) in [4.78, 5) is 29.7. The predicted molar refractivity (Wildman–Crippen MR) is 123 cm³/mol. The highest BCUT2D eigenvalue weighted by Crippen LogP contribution is 2.36. The first kappa shape index (κ1) is 22.1. The smallest absolute Gasteiger partial charge is 0.254 e. The van der Waals surface area contributed by atoms with Crippen molar-refractivity contribution in [3.8, 4) is 5.75 Å². The molecular formula is C23H27N3O5S. The fourth-order valence-electron chi connectivity index (χ4n) is 4.17. The van der Waals surface area contributed by atoms with E-state index in [-0.39, 0.29) is 17.3 Å². The molecule has 2 aliphatic rings. The molecule has 9 heteroatoms. The average Bonchev–Trinajstić information content (AvgIpc) is 2.95. The quantitative estimate of drug-likeness (QED) is 0.701. The van der Waals surface area contributed by atoms with Gasteiger partial charge in [0, 0.05) is 37.4 Å². The number of anilines is 2. The maximum Gasteiger partial charge on any atom is 0.254 e. The van der Waals surface area contributed by atoms with Gasteiger partial charge in [-0.05, 0) is 56.3 Å². The van der Waals surface area contributed by atoms with E-state index < -0.39 is 21.3 Å². The van der Waals surface area contributed by atoms with Gasteiger partial charge < -0.3 is 14.5 Å². The van der Waals surface area contributed by atoms with Crippen molar-refractivity contribution in [2.24, 2.45) is 5.41 Å². The van der Waals surface area contributed by atoms with Gasteiger partial charge >= 0.3 is 0 Å². The van der Waals surface area contributed by atoms with Gasteiger partial charge in [-0.3, -0.25) is 9.59 Å². The molecule has 0 bridgehead atoms. The van der Waals surface area contributed by atoms with Crippen molar-refractivity contribution < 1.29 is 22.7 Å². The maximum atomic E-state index is 13.1. The molecule has 0 aromatic heterocycles. The zero-order valence-electron chi connectivity index (χ0n) is 18.4. The van der Waals surface area contributed by atoms with E-state index in [9.17, 15) is 18.0 Å². The number of piperazine rings is 1. The predicted octanol–water partition coefficient (Wildman–Crippen LogP) is 2.36. The second-order valence-corrected chi connectivity index (χ2v) is 10.6. The van der Waals surface area contributed by atoms with Crippen LogP contribution in [-0.2, 0) is 14.8 Å². The summed E-state index contributed by atoms with van der Waals surface area (Å²) in [6.07, 6.45) is 0. The largest absolute Gasteiger partial charge is 0.497 e. The maximum absolute atomic E-state index is 13.1. The first-order valence-electron chi connectivity index (χ1n) is 10.5. The van der Waals surface area contributed by atoms with Crippen LogP contribution in [0.5, 0.6) is 5.75 Å². The van der Waals surface area contributed by atoms with E-state index in [1.165, 1.54) is 6.07 Å². The third kappa shape index (κ3) is 4.04. The van der Waals surface area contributed by atoms with Crippen LogP contribution in [0.3, 0.4) is 0 Å². The van der Waals surface area contributed by atoms with Crippen LogP contribution in [0.2, 0.25) is 0 Å². The van der Waals surface area contributed by atoms with E-state index in [2.05, 4.69) is 4.90 Å². The molecule has 0 aliphatic carbocycles. The molecule has 0 atom stereocenters. The summed E-state index contributed by atoms with van der Waals surface area (Å²) in [7, 11) is -2.13. The summed E-state index contributed by atoms with van der Waals surface area (Å²) in [6.45, 7) is 5.69. The van der Waals surface area contributed by atoms with Crippen molar-refractivity contribution in [1.82, 2.24) is 4.90 Å². The molecule has 8 nitrogen and oxygen atoms in total. The van der Waals surface area contributed by atoms with E-state index in [4.69, 9.17) is 4.74 Å². The number of carbonyl (C=O) groups excluding carboxylic acids is 2. The minimum absolute atomic E-state index is 0.176. The Morgan fingerprint density at radius 2 is 1.62 bits per heavy atom. The minimum atomic E-state index is -3.76. The van der Waals surface area contributed by atoms with Gasteiger partial charge in [-0.1, -0.05) is 6.07 Å². The molecule has 2 heterocycles. The lowest BCUT2D eigenvalue weighted by Crippen LogP contribution is -2.48. The third-order valence-electron chi connectivity index (χ3n) is 5.92. The molecular weight excluding hydrogens is 430 g/mol. The number of carbonyl (C=O) groups is 2. The van der Waals surface area contributed by atoms with Crippen LogP contribution in [0.25, 0.3) is 0 Å². The summed E-state index contributed by atoms with van der Waals surface area (Å²) < 4.78 is 31.2. The van der Waals surface area contributed by atoms with Crippen LogP contribution < -0.4 is 13.9 Å². The van der Waals surface area contributed by atoms with Crippen LogP contribution >= 0.6 is 0 Å². The summed E-state index contributed by atoms with van der Waals surface area (Å²) in [5.74, 6) is -0.103. The number of nitrogens with zero attached hydrogens (tertiary/aromatic N) is 3. The molecule has 0 saturated carbocycles. The standard InChI is InChI=1S/C23H27N3O5S/c1-23(2)16-32(29,30)26(22(23)28)19-6-4-5-17(15-19)21(27)25-13-11-24(12-14-25)18-7-9-20(31-3)10-8-18/h4-10,15H,11-14,16H2,1-3H3. The number of hydrogen-bond acceptors (Lipinski definition) is 6. The number of amides is 2. The van der Waals surface area contributed by atoms with Crippen LogP contribution in [0, 0.1) is 5.41 Å². The van der Waals surface area contributed by atoms with Gasteiger partial charge in [0.1, 0.15) is 5.75 Å². The van der Waals surface area contributed by atoms with Gasteiger partial charge in [0.2, 0.25) is 15.9 Å². The Hall–Kier alpha value is -3.07. The summed E-state index contributed by atoms with van der Waals surface area (Å²) in [6, 6.07) is 14.1. The average molecular weight is 458 g/mol. The summed E-state index contributed by atoms with van der Waals surface area (Å²) >= 11 is 0. The number of methoxy groups -OCH3 is 1. The van der Waals surface area contributed by atoms with Gasteiger partial charge in [0.25, 0.3) is 5.91 Å². The molecule has 0 unspecified atom stereocenters. The zero-order valence-corrected chi connectivity index (χ0v) is 19.3. The van der Waals surface area contributed by atoms with E-state index >= 15 is 0 Å². The molecule has 2 fully saturated rings. The second-order valence-electron chi connectivity index (χ2n) is 8.74.